The monoisotopic (exact) mass is 267 g/mol. The molecule has 0 saturated heterocycles. The topological polar surface area (TPSA) is 85.1 Å². The van der Waals surface area contributed by atoms with Crippen LogP contribution >= 0.6 is 11.6 Å². The van der Waals surface area contributed by atoms with Gasteiger partial charge in [0.25, 0.3) is 0 Å². The third kappa shape index (κ3) is 4.73. The maximum absolute atomic E-state index is 13.2. The Bertz CT molecular complexity index is 466. The maximum Gasteiger partial charge on any atom is 0.209 e. The van der Waals surface area contributed by atoms with Crippen molar-refractivity contribution in [2.75, 3.05) is 17.6 Å². The fraction of sp³-hybridized carbons (Fsp3) is 0.375. The van der Waals surface area contributed by atoms with E-state index >= 15 is 0 Å². The fourth-order valence-electron chi connectivity index (χ4n) is 1.02. The number of sulfonamides is 1. The first-order valence-electron chi connectivity index (χ1n) is 4.44. The molecule has 5 nitrogen and oxygen atoms in total. The number of nitrogens with one attached hydrogen (secondary N) is 1. The molecule has 0 atom stereocenters. The van der Waals surface area contributed by atoms with Gasteiger partial charge in [-0.05, 0) is 12.5 Å². The van der Waals surface area contributed by atoms with E-state index in [1.54, 1.807) is 0 Å². The van der Waals surface area contributed by atoms with Crippen LogP contribution in [0.5, 0.6) is 0 Å². The van der Waals surface area contributed by atoms with Crippen LogP contribution in [0.1, 0.15) is 6.42 Å². The van der Waals surface area contributed by atoms with Crippen LogP contribution in [0.4, 0.5) is 10.2 Å². The van der Waals surface area contributed by atoms with Crippen LogP contribution in [0.15, 0.2) is 12.3 Å². The van der Waals surface area contributed by atoms with E-state index in [1.165, 1.54) is 6.20 Å². The van der Waals surface area contributed by atoms with E-state index in [9.17, 15) is 12.8 Å². The van der Waals surface area contributed by atoms with Crippen LogP contribution in [0.2, 0.25) is 5.02 Å². The van der Waals surface area contributed by atoms with E-state index in [2.05, 4.69) is 10.3 Å². The van der Waals surface area contributed by atoms with E-state index < -0.39 is 15.8 Å². The van der Waals surface area contributed by atoms with Gasteiger partial charge in [-0.3, -0.25) is 0 Å². The Morgan fingerprint density at radius 3 is 2.81 bits per heavy atom. The van der Waals surface area contributed by atoms with E-state index in [1.807, 2.05) is 0 Å². The Labute approximate surface area is 97.9 Å². The molecule has 1 rings (SSSR count). The van der Waals surface area contributed by atoms with E-state index in [-0.39, 0.29) is 29.6 Å². The van der Waals surface area contributed by atoms with Gasteiger partial charge in [-0.2, -0.15) is 0 Å². The van der Waals surface area contributed by atoms with Crippen LogP contribution in [0, 0.1) is 5.82 Å². The van der Waals surface area contributed by atoms with Gasteiger partial charge in [-0.15, -0.1) is 0 Å². The SMILES string of the molecule is NS(=O)(=O)CCCNc1ncc(Cl)cc1F. The minimum Gasteiger partial charge on any atom is -0.368 e. The second-order valence-corrected chi connectivity index (χ2v) is 5.30. The smallest absolute Gasteiger partial charge is 0.209 e. The van der Waals surface area contributed by atoms with E-state index in [4.69, 9.17) is 16.7 Å². The van der Waals surface area contributed by atoms with Crippen molar-refractivity contribution in [3.63, 3.8) is 0 Å². The highest BCUT2D eigenvalue weighted by Crippen LogP contribution is 2.15. The van der Waals surface area contributed by atoms with Crippen molar-refractivity contribution in [2.45, 2.75) is 6.42 Å². The number of aromatic nitrogens is 1. The lowest BCUT2D eigenvalue weighted by Gasteiger charge is -2.05. The number of rotatable bonds is 5. The molecule has 1 aromatic heterocycles. The summed E-state index contributed by atoms with van der Waals surface area (Å²) < 4.78 is 34.4. The molecule has 0 aliphatic heterocycles. The molecule has 3 N–H and O–H groups in total. The summed E-state index contributed by atoms with van der Waals surface area (Å²) in [5.74, 6) is -0.697. The van der Waals surface area contributed by atoms with Crippen LogP contribution in [-0.2, 0) is 10.0 Å². The third-order valence-corrected chi connectivity index (χ3v) is 2.77. The first-order valence-corrected chi connectivity index (χ1v) is 6.53. The number of pyridine rings is 1. The maximum atomic E-state index is 13.2. The Hall–Kier alpha value is -0.920. The number of anilines is 1. The van der Waals surface area contributed by atoms with Crippen molar-refractivity contribution >= 4 is 27.4 Å². The number of hydrogen-bond acceptors (Lipinski definition) is 4. The summed E-state index contributed by atoms with van der Waals surface area (Å²) >= 11 is 5.51. The number of nitrogens with zero attached hydrogens (tertiary/aromatic N) is 1. The minimum absolute atomic E-state index is 0.0406. The van der Waals surface area contributed by atoms with Gasteiger partial charge < -0.3 is 5.32 Å². The highest BCUT2D eigenvalue weighted by molar-refractivity contribution is 7.89. The highest BCUT2D eigenvalue weighted by Gasteiger charge is 2.05. The molecule has 0 amide bonds. The summed E-state index contributed by atoms with van der Waals surface area (Å²) in [6, 6.07) is 1.12. The van der Waals surface area contributed by atoms with Gasteiger partial charge in [0.15, 0.2) is 11.6 Å². The Kier molecular flexibility index (Phi) is 4.45. The first-order chi connectivity index (χ1) is 7.38. The summed E-state index contributed by atoms with van der Waals surface area (Å²) in [4.78, 5) is 3.71. The largest absolute Gasteiger partial charge is 0.368 e. The molecule has 0 aliphatic rings. The molecule has 0 aliphatic carbocycles. The summed E-state index contributed by atoms with van der Waals surface area (Å²) in [5, 5.41) is 7.65. The average Bonchev–Trinajstić information content (AvgIpc) is 2.13. The van der Waals surface area contributed by atoms with Crippen LogP contribution in [-0.4, -0.2) is 25.7 Å². The second kappa shape index (κ2) is 5.42. The van der Waals surface area contributed by atoms with Crippen molar-refractivity contribution in [2.24, 2.45) is 5.14 Å². The lowest BCUT2D eigenvalue weighted by atomic mass is 10.4. The lowest BCUT2D eigenvalue weighted by Crippen LogP contribution is -2.19. The molecule has 0 fully saturated rings. The number of halogens is 2. The Morgan fingerprint density at radius 2 is 2.25 bits per heavy atom. The summed E-state index contributed by atoms with van der Waals surface area (Å²) in [5.41, 5.74) is 0. The molecule has 8 heteroatoms. The number of nitrogens with two attached hydrogens (primary N) is 1. The van der Waals surface area contributed by atoms with E-state index in [0.717, 1.165) is 6.07 Å². The van der Waals surface area contributed by atoms with Gasteiger partial charge >= 0.3 is 0 Å². The van der Waals surface area contributed by atoms with Gasteiger partial charge in [0, 0.05) is 12.7 Å². The molecule has 1 aromatic rings. The highest BCUT2D eigenvalue weighted by atomic mass is 35.5. The molecule has 0 spiro atoms. The van der Waals surface area contributed by atoms with Gasteiger partial charge in [0.1, 0.15) is 0 Å². The lowest BCUT2D eigenvalue weighted by molar-refractivity contribution is 0.595. The van der Waals surface area contributed by atoms with Crippen molar-refractivity contribution < 1.29 is 12.8 Å². The summed E-state index contributed by atoms with van der Waals surface area (Å²) in [7, 11) is -3.47. The number of hydrogen-bond donors (Lipinski definition) is 2. The van der Waals surface area contributed by atoms with E-state index in [0.29, 0.717) is 0 Å². The predicted octanol–water partition coefficient (Wildman–Crippen LogP) is 0.965. The van der Waals surface area contributed by atoms with Crippen LogP contribution in [0.25, 0.3) is 0 Å². The van der Waals surface area contributed by atoms with Gasteiger partial charge in [0.05, 0.1) is 10.8 Å². The van der Waals surface area contributed by atoms with Gasteiger partial charge in [-0.1, -0.05) is 11.6 Å². The molecule has 90 valence electrons. The van der Waals surface area contributed by atoms with Gasteiger partial charge in [-0.25, -0.2) is 22.9 Å². The molecule has 0 bridgehead atoms. The van der Waals surface area contributed by atoms with Crippen molar-refractivity contribution in [1.29, 1.82) is 0 Å². The molecule has 0 aromatic carbocycles. The molecule has 0 saturated carbocycles. The Balaban J connectivity index is 2.43. The summed E-state index contributed by atoms with van der Waals surface area (Å²) in [6.45, 7) is 0.266. The molecular formula is C8H11ClFN3O2S. The van der Waals surface area contributed by atoms with Crippen molar-refractivity contribution in [3.05, 3.63) is 23.1 Å². The zero-order valence-electron chi connectivity index (χ0n) is 8.28. The quantitative estimate of drug-likeness (QED) is 0.779. The number of primary sulfonamides is 1. The fourth-order valence-corrected chi connectivity index (χ4v) is 1.72. The summed E-state index contributed by atoms with van der Waals surface area (Å²) in [6.07, 6.45) is 1.58. The van der Waals surface area contributed by atoms with Crippen LogP contribution in [0.3, 0.4) is 0 Å². The third-order valence-electron chi connectivity index (χ3n) is 1.71. The first kappa shape index (κ1) is 13.1. The standard InChI is InChI=1S/C8H11ClFN3O2S/c9-6-4-7(10)8(13-5-6)12-2-1-3-16(11,14)15/h4-5H,1-3H2,(H,12,13)(H2,11,14,15). The minimum atomic E-state index is -3.47. The zero-order chi connectivity index (χ0) is 12.2. The second-order valence-electron chi connectivity index (χ2n) is 3.13. The molecule has 0 unspecified atom stereocenters. The molecule has 0 radical (unpaired) electrons. The van der Waals surface area contributed by atoms with Crippen molar-refractivity contribution in [1.82, 2.24) is 4.98 Å². The van der Waals surface area contributed by atoms with Gasteiger partial charge in [0.2, 0.25) is 10.0 Å². The molecule has 16 heavy (non-hydrogen) atoms. The molecular weight excluding hydrogens is 257 g/mol. The predicted molar refractivity (Wildman–Crippen MR) is 60.3 cm³/mol. The van der Waals surface area contributed by atoms with Crippen molar-refractivity contribution in [3.8, 4) is 0 Å². The zero-order valence-corrected chi connectivity index (χ0v) is 9.85. The molecule has 1 heterocycles. The Morgan fingerprint density at radius 1 is 1.56 bits per heavy atom. The normalized spacial score (nSPS) is 11.4. The average molecular weight is 268 g/mol. The van der Waals surface area contributed by atoms with Crippen LogP contribution < -0.4 is 10.5 Å².